The van der Waals surface area contributed by atoms with Crippen LogP contribution in [0.2, 0.25) is 0 Å². The van der Waals surface area contributed by atoms with Crippen LogP contribution in [0, 0.1) is 0 Å². The molecule has 0 aliphatic carbocycles. The van der Waals surface area contributed by atoms with Gasteiger partial charge in [0.15, 0.2) is 0 Å². The highest BCUT2D eigenvalue weighted by Gasteiger charge is 2.16. The van der Waals surface area contributed by atoms with Crippen molar-refractivity contribution in [2.45, 2.75) is 5.92 Å². The Kier molecular flexibility index (Phi) is 3.24. The largest absolute Gasteiger partial charge is 0.152 e. The van der Waals surface area contributed by atoms with Gasteiger partial charge in [-0.15, -0.1) is 0 Å². The van der Waals surface area contributed by atoms with Gasteiger partial charge >= 0.3 is 0 Å². The Balaban J connectivity index is 2.11. The number of rotatable bonds is 3. The van der Waals surface area contributed by atoms with E-state index in [2.05, 4.69) is 77.5 Å². The molecule has 0 N–H and O–H groups in total. The molecule has 0 aliphatic heterocycles. The first-order chi connectivity index (χ1) is 8.95. The van der Waals surface area contributed by atoms with Crippen molar-refractivity contribution in [1.29, 1.82) is 0 Å². The van der Waals surface area contributed by atoms with E-state index in [1.165, 1.54) is 16.7 Å². The summed E-state index contributed by atoms with van der Waals surface area (Å²) in [7, 11) is 0. The van der Waals surface area contributed by atoms with Gasteiger partial charge in [-0.1, -0.05) is 60.7 Å². The lowest BCUT2D eigenvalue weighted by atomic mass is 9.87. The van der Waals surface area contributed by atoms with Crippen LogP contribution in [0.3, 0.4) is 0 Å². The van der Waals surface area contributed by atoms with E-state index in [4.69, 9.17) is 0 Å². The smallest absolute Gasteiger partial charge is 0.0348 e. The van der Waals surface area contributed by atoms with Crippen LogP contribution in [0.1, 0.15) is 22.6 Å². The van der Waals surface area contributed by atoms with Gasteiger partial charge in [-0.05, 0) is 33.5 Å². The lowest BCUT2D eigenvalue weighted by Gasteiger charge is -2.17. The van der Waals surface area contributed by atoms with Crippen molar-refractivity contribution >= 4 is 11.3 Å². The molecule has 2 aromatic carbocycles. The van der Waals surface area contributed by atoms with Crippen molar-refractivity contribution in [3.05, 3.63) is 94.2 Å². The summed E-state index contributed by atoms with van der Waals surface area (Å²) < 4.78 is 0. The average Bonchev–Trinajstić information content (AvgIpc) is 2.95. The van der Waals surface area contributed by atoms with Crippen molar-refractivity contribution in [2.24, 2.45) is 0 Å². The molecule has 1 heteroatoms. The van der Waals surface area contributed by atoms with Crippen LogP contribution >= 0.6 is 11.3 Å². The summed E-state index contributed by atoms with van der Waals surface area (Å²) in [6, 6.07) is 23.6. The normalized spacial score (nSPS) is 10.7. The SMILES string of the molecule is c1ccc(C(c2ccccc2)c2ccsc2)cc1. The molecule has 0 atom stereocenters. The minimum absolute atomic E-state index is 0.346. The zero-order valence-electron chi connectivity index (χ0n) is 9.99. The fraction of sp³-hybridized carbons (Fsp3) is 0.0588. The maximum atomic E-state index is 2.24. The number of hydrogen-bond acceptors (Lipinski definition) is 1. The second-order valence-corrected chi connectivity index (χ2v) is 5.09. The van der Waals surface area contributed by atoms with Gasteiger partial charge < -0.3 is 0 Å². The quantitative estimate of drug-likeness (QED) is 0.618. The second kappa shape index (κ2) is 5.19. The van der Waals surface area contributed by atoms with Gasteiger partial charge in [0, 0.05) is 5.92 Å². The van der Waals surface area contributed by atoms with Crippen molar-refractivity contribution in [1.82, 2.24) is 0 Å². The zero-order valence-corrected chi connectivity index (χ0v) is 10.8. The van der Waals surface area contributed by atoms with Crippen LogP contribution in [0.15, 0.2) is 77.5 Å². The highest BCUT2D eigenvalue weighted by molar-refractivity contribution is 7.08. The zero-order chi connectivity index (χ0) is 12.2. The fourth-order valence-electron chi connectivity index (χ4n) is 2.31. The summed E-state index contributed by atoms with van der Waals surface area (Å²) in [5.41, 5.74) is 4.07. The molecular weight excluding hydrogens is 236 g/mol. The van der Waals surface area contributed by atoms with Gasteiger partial charge in [0.05, 0.1) is 0 Å². The second-order valence-electron chi connectivity index (χ2n) is 4.31. The van der Waals surface area contributed by atoms with Gasteiger partial charge in [-0.2, -0.15) is 11.3 Å². The molecule has 0 amide bonds. The van der Waals surface area contributed by atoms with Gasteiger partial charge in [0.25, 0.3) is 0 Å². The van der Waals surface area contributed by atoms with E-state index in [-0.39, 0.29) is 0 Å². The maximum absolute atomic E-state index is 2.24. The maximum Gasteiger partial charge on any atom is 0.0348 e. The van der Waals surface area contributed by atoms with E-state index in [0.29, 0.717) is 5.92 Å². The van der Waals surface area contributed by atoms with Crippen LogP contribution < -0.4 is 0 Å². The summed E-state index contributed by atoms with van der Waals surface area (Å²) in [5, 5.41) is 4.39. The molecule has 1 aromatic heterocycles. The third-order valence-electron chi connectivity index (χ3n) is 3.14. The Hall–Kier alpha value is -1.86. The first-order valence-corrected chi connectivity index (χ1v) is 7.01. The molecule has 3 rings (SSSR count). The topological polar surface area (TPSA) is 0 Å². The van der Waals surface area contributed by atoms with Crippen molar-refractivity contribution in [2.75, 3.05) is 0 Å². The number of benzene rings is 2. The molecule has 88 valence electrons. The first kappa shape index (κ1) is 11.2. The lowest BCUT2D eigenvalue weighted by molar-refractivity contribution is 0.985. The highest BCUT2D eigenvalue weighted by Crippen LogP contribution is 2.32. The van der Waals surface area contributed by atoms with E-state index in [9.17, 15) is 0 Å². The van der Waals surface area contributed by atoms with Crippen molar-refractivity contribution < 1.29 is 0 Å². The van der Waals surface area contributed by atoms with Gasteiger partial charge in [-0.25, -0.2) is 0 Å². The van der Waals surface area contributed by atoms with E-state index >= 15 is 0 Å². The molecule has 0 aliphatic rings. The summed E-state index contributed by atoms with van der Waals surface area (Å²) in [4.78, 5) is 0. The van der Waals surface area contributed by atoms with Crippen molar-refractivity contribution in [3.63, 3.8) is 0 Å². The molecule has 0 unspecified atom stereocenters. The third-order valence-corrected chi connectivity index (χ3v) is 3.84. The standard InChI is InChI=1S/C17H14S/c1-3-7-14(8-4-1)17(16-11-12-18-13-16)15-9-5-2-6-10-15/h1-13,17H. The monoisotopic (exact) mass is 250 g/mol. The molecule has 0 nitrogen and oxygen atoms in total. The Morgan fingerprint density at radius 2 is 1.17 bits per heavy atom. The van der Waals surface area contributed by atoms with Crippen molar-refractivity contribution in [3.8, 4) is 0 Å². The molecular formula is C17H14S. The number of thiophene rings is 1. The molecule has 0 fully saturated rings. The van der Waals surface area contributed by atoms with E-state index in [1.807, 2.05) is 0 Å². The molecule has 0 spiro atoms. The fourth-order valence-corrected chi connectivity index (χ4v) is 2.99. The van der Waals surface area contributed by atoms with Gasteiger partial charge in [0.1, 0.15) is 0 Å². The summed E-state index contributed by atoms with van der Waals surface area (Å²) in [6.45, 7) is 0. The molecule has 3 aromatic rings. The van der Waals surface area contributed by atoms with Crippen LogP contribution in [-0.2, 0) is 0 Å². The average molecular weight is 250 g/mol. The Labute approximate surface area is 112 Å². The molecule has 18 heavy (non-hydrogen) atoms. The van der Waals surface area contributed by atoms with Crippen LogP contribution in [0.5, 0.6) is 0 Å². The predicted molar refractivity (Wildman–Crippen MR) is 78.1 cm³/mol. The molecule has 0 radical (unpaired) electrons. The molecule has 1 heterocycles. The summed E-state index contributed by atoms with van der Waals surface area (Å²) >= 11 is 1.76. The Morgan fingerprint density at radius 1 is 0.611 bits per heavy atom. The van der Waals surface area contributed by atoms with E-state index in [1.54, 1.807) is 11.3 Å². The Morgan fingerprint density at radius 3 is 1.61 bits per heavy atom. The minimum Gasteiger partial charge on any atom is -0.152 e. The van der Waals surface area contributed by atoms with Gasteiger partial charge in [-0.3, -0.25) is 0 Å². The summed E-state index contributed by atoms with van der Waals surface area (Å²) in [6.07, 6.45) is 0. The van der Waals surface area contributed by atoms with Crippen LogP contribution in [0.25, 0.3) is 0 Å². The van der Waals surface area contributed by atoms with E-state index < -0.39 is 0 Å². The minimum atomic E-state index is 0.346. The summed E-state index contributed by atoms with van der Waals surface area (Å²) in [5.74, 6) is 0.346. The molecule has 0 saturated heterocycles. The highest BCUT2D eigenvalue weighted by atomic mass is 32.1. The number of hydrogen-bond donors (Lipinski definition) is 0. The molecule has 0 saturated carbocycles. The first-order valence-electron chi connectivity index (χ1n) is 6.07. The third kappa shape index (κ3) is 2.22. The van der Waals surface area contributed by atoms with E-state index in [0.717, 1.165) is 0 Å². The lowest BCUT2D eigenvalue weighted by Crippen LogP contribution is -2.01. The van der Waals surface area contributed by atoms with Crippen LogP contribution in [0.4, 0.5) is 0 Å². The molecule has 0 bridgehead atoms. The predicted octanol–water partition coefficient (Wildman–Crippen LogP) is 4.93. The Bertz CT molecular complexity index is 543. The van der Waals surface area contributed by atoms with Gasteiger partial charge in [0.2, 0.25) is 0 Å². The van der Waals surface area contributed by atoms with Crippen LogP contribution in [-0.4, -0.2) is 0 Å².